The molecule has 0 spiro atoms. The third-order valence-corrected chi connectivity index (χ3v) is 7.91. The van der Waals surface area contributed by atoms with E-state index >= 15 is 0 Å². The summed E-state index contributed by atoms with van der Waals surface area (Å²) in [5.41, 5.74) is 0.495. The molecule has 16 heteroatoms. The molecule has 1 aliphatic heterocycles. The van der Waals surface area contributed by atoms with E-state index in [2.05, 4.69) is 26.2 Å². The predicted octanol–water partition coefficient (Wildman–Crippen LogP) is 5.32. The van der Waals surface area contributed by atoms with Gasteiger partial charge in [0.1, 0.15) is 4.90 Å². The number of hydrogen-bond acceptors (Lipinski definition) is 11. The number of nitro groups is 2. The van der Waals surface area contributed by atoms with Crippen LogP contribution in [0.15, 0.2) is 79.9 Å². The molecular weight excluding hydrogens is 632 g/mol. The maximum atomic E-state index is 12.7. The normalized spacial score (nSPS) is 15.2. The van der Waals surface area contributed by atoms with Crippen LogP contribution in [0.25, 0.3) is 6.08 Å². The van der Waals surface area contributed by atoms with Gasteiger partial charge in [-0.1, -0.05) is 6.07 Å². The molecule has 4 rings (SSSR count). The number of halogens is 1. The van der Waals surface area contributed by atoms with Crippen LogP contribution in [0.3, 0.4) is 0 Å². The summed E-state index contributed by atoms with van der Waals surface area (Å²) >= 11 is 4.28. The van der Waals surface area contributed by atoms with Crippen molar-refractivity contribution < 1.29 is 32.0 Å². The molecule has 1 N–H and O–H groups in total. The molecule has 13 nitrogen and oxygen atoms in total. The number of non-ortho nitro benzene ring substituents is 2. The van der Waals surface area contributed by atoms with Crippen molar-refractivity contribution in [2.24, 2.45) is 4.99 Å². The van der Waals surface area contributed by atoms with Crippen LogP contribution >= 0.6 is 27.7 Å². The Morgan fingerprint density at radius 3 is 2.30 bits per heavy atom. The summed E-state index contributed by atoms with van der Waals surface area (Å²) in [6, 6.07) is 12.7. The van der Waals surface area contributed by atoms with E-state index in [-0.39, 0.29) is 44.4 Å². The lowest BCUT2D eigenvalue weighted by Crippen LogP contribution is -2.19. The SMILES string of the molecule is CCOc1cc(/C=C2/SC(=Nc3ccc([N+](=O)[O-])cc3Br)NC2=O)ccc1OS(=O)(=O)c1ccc([N+](=O)[O-])cc1. The van der Waals surface area contributed by atoms with E-state index in [0.717, 1.165) is 36.0 Å². The lowest BCUT2D eigenvalue weighted by atomic mass is 10.2. The van der Waals surface area contributed by atoms with E-state index in [9.17, 15) is 33.4 Å². The molecule has 3 aromatic carbocycles. The number of aliphatic imine (C=N–C) groups is 1. The molecule has 1 saturated heterocycles. The average molecular weight is 649 g/mol. The van der Waals surface area contributed by atoms with Gasteiger partial charge in [0.2, 0.25) is 0 Å². The van der Waals surface area contributed by atoms with Gasteiger partial charge in [-0.25, -0.2) is 4.99 Å². The number of rotatable bonds is 9. The van der Waals surface area contributed by atoms with E-state index in [4.69, 9.17) is 8.92 Å². The van der Waals surface area contributed by atoms with Gasteiger partial charge in [0.15, 0.2) is 16.7 Å². The highest BCUT2D eigenvalue weighted by molar-refractivity contribution is 9.10. The number of carbonyl (C=O) groups is 1. The largest absolute Gasteiger partial charge is 0.490 e. The zero-order valence-corrected chi connectivity index (χ0v) is 23.5. The number of ether oxygens (including phenoxy) is 1. The van der Waals surface area contributed by atoms with Gasteiger partial charge in [-0.2, -0.15) is 8.42 Å². The highest BCUT2D eigenvalue weighted by atomic mass is 79.9. The first-order chi connectivity index (χ1) is 19.0. The van der Waals surface area contributed by atoms with Crippen LogP contribution in [0.1, 0.15) is 12.5 Å². The zero-order valence-electron chi connectivity index (χ0n) is 20.3. The van der Waals surface area contributed by atoms with Crippen LogP contribution < -0.4 is 14.2 Å². The van der Waals surface area contributed by atoms with Crippen molar-refractivity contribution in [3.05, 3.63) is 95.8 Å². The maximum absolute atomic E-state index is 12.7. The van der Waals surface area contributed by atoms with E-state index in [1.165, 1.54) is 36.4 Å². The van der Waals surface area contributed by atoms with Gasteiger partial charge in [-0.3, -0.25) is 25.0 Å². The molecule has 40 heavy (non-hydrogen) atoms. The molecule has 0 aromatic heterocycles. The second-order valence-electron chi connectivity index (χ2n) is 7.80. The van der Waals surface area contributed by atoms with Gasteiger partial charge < -0.3 is 14.2 Å². The Morgan fingerprint density at radius 1 is 1.00 bits per heavy atom. The smallest absolute Gasteiger partial charge is 0.339 e. The molecular formula is C24H17BrN4O9S2. The van der Waals surface area contributed by atoms with Gasteiger partial charge >= 0.3 is 10.1 Å². The van der Waals surface area contributed by atoms with Crippen LogP contribution in [0.4, 0.5) is 17.1 Å². The van der Waals surface area contributed by atoms with Crippen molar-refractivity contribution in [2.75, 3.05) is 6.61 Å². The number of hydrogen-bond donors (Lipinski definition) is 1. The molecule has 0 bridgehead atoms. The first-order valence-electron chi connectivity index (χ1n) is 11.2. The molecule has 1 heterocycles. The Labute approximate surface area is 239 Å². The van der Waals surface area contributed by atoms with Gasteiger partial charge in [-0.05, 0) is 76.6 Å². The van der Waals surface area contributed by atoms with Crippen LogP contribution in [0.5, 0.6) is 11.5 Å². The summed E-state index contributed by atoms with van der Waals surface area (Å²) in [5, 5.41) is 24.6. The van der Waals surface area contributed by atoms with Gasteiger partial charge in [0.25, 0.3) is 17.3 Å². The van der Waals surface area contributed by atoms with Crippen molar-refractivity contribution in [3.8, 4) is 11.5 Å². The Hall–Kier alpha value is -4.28. The van der Waals surface area contributed by atoms with Crippen LogP contribution in [-0.2, 0) is 14.9 Å². The number of nitro benzene ring substituents is 2. The number of amides is 1. The van der Waals surface area contributed by atoms with Crippen molar-refractivity contribution in [3.63, 3.8) is 0 Å². The zero-order chi connectivity index (χ0) is 29.0. The lowest BCUT2D eigenvalue weighted by molar-refractivity contribution is -0.385. The molecule has 0 atom stereocenters. The fraction of sp³-hybridized carbons (Fsp3) is 0.0833. The summed E-state index contributed by atoms with van der Waals surface area (Å²) < 4.78 is 36.7. The van der Waals surface area contributed by atoms with Gasteiger partial charge in [0.05, 0.1) is 31.5 Å². The van der Waals surface area contributed by atoms with E-state index < -0.39 is 25.9 Å². The predicted molar refractivity (Wildman–Crippen MR) is 150 cm³/mol. The average Bonchev–Trinajstić information content (AvgIpc) is 3.25. The van der Waals surface area contributed by atoms with Gasteiger partial charge in [-0.15, -0.1) is 0 Å². The highest BCUT2D eigenvalue weighted by Crippen LogP contribution is 2.35. The van der Waals surface area contributed by atoms with Crippen molar-refractivity contribution in [1.82, 2.24) is 5.32 Å². The minimum Gasteiger partial charge on any atom is -0.490 e. The maximum Gasteiger partial charge on any atom is 0.339 e. The molecule has 206 valence electrons. The summed E-state index contributed by atoms with van der Waals surface area (Å²) in [6.07, 6.45) is 1.55. The third kappa shape index (κ3) is 6.64. The number of benzene rings is 3. The second kappa shape index (κ2) is 11.8. The van der Waals surface area contributed by atoms with Crippen molar-refractivity contribution >= 4 is 72.0 Å². The molecule has 1 fully saturated rings. The minimum absolute atomic E-state index is 0.0921. The number of carbonyl (C=O) groups excluding carboxylic acids is 1. The summed E-state index contributed by atoms with van der Waals surface area (Å²) in [5.74, 6) is -0.452. The third-order valence-electron chi connectivity index (χ3n) is 5.12. The molecule has 1 amide bonds. The molecule has 0 saturated carbocycles. The van der Waals surface area contributed by atoms with E-state index in [1.807, 2.05) is 0 Å². The topological polar surface area (TPSA) is 180 Å². The summed E-state index contributed by atoms with van der Waals surface area (Å²) in [7, 11) is -4.33. The quantitative estimate of drug-likeness (QED) is 0.138. The standard InChI is InChI=1S/C24H17BrN4O9S2/c1-2-37-21-11-14(3-10-20(21)38-40(35,36)17-7-4-15(5-8-17)28(31)32)12-22-23(30)27-24(39-22)26-19-9-6-16(29(33)34)13-18(19)25/h3-13H,2H2,1H3,(H,26,27,30)/b22-12+. The van der Waals surface area contributed by atoms with Crippen molar-refractivity contribution in [2.45, 2.75) is 11.8 Å². The van der Waals surface area contributed by atoms with Crippen LogP contribution in [0, 0.1) is 20.2 Å². The molecule has 1 aliphatic rings. The molecule has 0 unspecified atom stereocenters. The number of thioether (sulfide) groups is 1. The Balaban J connectivity index is 1.56. The number of nitrogens with one attached hydrogen (secondary N) is 1. The second-order valence-corrected chi connectivity index (χ2v) is 11.2. The van der Waals surface area contributed by atoms with Gasteiger partial charge in [0, 0.05) is 24.3 Å². The van der Waals surface area contributed by atoms with Crippen LogP contribution in [-0.4, -0.2) is 35.9 Å². The van der Waals surface area contributed by atoms with Crippen molar-refractivity contribution in [1.29, 1.82) is 0 Å². The lowest BCUT2D eigenvalue weighted by Gasteiger charge is -2.12. The minimum atomic E-state index is -4.33. The molecule has 0 aliphatic carbocycles. The Bertz CT molecular complexity index is 1690. The Morgan fingerprint density at radius 2 is 1.68 bits per heavy atom. The van der Waals surface area contributed by atoms with E-state index in [1.54, 1.807) is 13.0 Å². The summed E-state index contributed by atoms with van der Waals surface area (Å²) in [6.45, 7) is 1.88. The Kier molecular flexibility index (Phi) is 8.51. The molecule has 3 aromatic rings. The van der Waals surface area contributed by atoms with E-state index in [0.29, 0.717) is 15.7 Å². The van der Waals surface area contributed by atoms with Crippen LogP contribution in [0.2, 0.25) is 0 Å². The first-order valence-corrected chi connectivity index (χ1v) is 14.2. The number of amidine groups is 1. The number of nitrogens with zero attached hydrogens (tertiary/aromatic N) is 3. The summed E-state index contributed by atoms with van der Waals surface area (Å²) in [4.78, 5) is 37.5. The molecule has 0 radical (unpaired) electrons. The fourth-order valence-electron chi connectivity index (χ4n) is 3.29. The first kappa shape index (κ1) is 28.7. The fourth-order valence-corrected chi connectivity index (χ4v) is 5.52. The highest BCUT2D eigenvalue weighted by Gasteiger charge is 2.25. The monoisotopic (exact) mass is 648 g/mol.